The van der Waals surface area contributed by atoms with E-state index in [2.05, 4.69) is 24.9 Å². The number of sulfone groups is 1. The van der Waals surface area contributed by atoms with Gasteiger partial charge >= 0.3 is 0 Å². The molecule has 1 amide bonds. The van der Waals surface area contributed by atoms with E-state index in [1.807, 2.05) is 64.6 Å². The molecule has 0 aliphatic carbocycles. The number of ether oxygens (including phenoxy) is 2. The number of nitro benzene ring substituents is 1. The summed E-state index contributed by atoms with van der Waals surface area (Å²) in [5.74, 6) is -0.957. The van der Waals surface area contributed by atoms with Crippen LogP contribution in [0.1, 0.15) is 48.8 Å². The van der Waals surface area contributed by atoms with E-state index in [4.69, 9.17) is 21.1 Å². The van der Waals surface area contributed by atoms with Crippen LogP contribution in [0.15, 0.2) is 107 Å². The lowest BCUT2D eigenvalue weighted by Gasteiger charge is -2.38. The van der Waals surface area contributed by atoms with Gasteiger partial charge in [0, 0.05) is 104 Å². The summed E-state index contributed by atoms with van der Waals surface area (Å²) >= 11 is 6.29. The number of carbonyl (C=O) groups excluding carboxylic acids is 1. The fraction of sp³-hybridized carbons (Fsp3) is 0.321. The van der Waals surface area contributed by atoms with Gasteiger partial charge in [0.15, 0.2) is 9.84 Å². The van der Waals surface area contributed by atoms with Crippen molar-refractivity contribution in [2.45, 2.75) is 49.4 Å². The normalized spacial score (nSPS) is 15.5. The first-order chi connectivity index (χ1) is 35.8. The van der Waals surface area contributed by atoms with Gasteiger partial charge < -0.3 is 39.0 Å². The molecule has 2 saturated heterocycles. The summed E-state index contributed by atoms with van der Waals surface area (Å²) in [6.45, 7) is 9.57. The third-order valence-electron chi connectivity index (χ3n) is 14.0. The average molecular weight is 1080 g/mol. The molecule has 2 fully saturated rings. The van der Waals surface area contributed by atoms with Crippen molar-refractivity contribution < 1.29 is 40.4 Å². The summed E-state index contributed by atoms with van der Waals surface area (Å²) in [6, 6.07) is 23.9. The third-order valence-corrected chi connectivity index (χ3v) is 16.9. The van der Waals surface area contributed by atoms with Crippen molar-refractivity contribution in [1.29, 1.82) is 0 Å². The minimum Gasteiger partial charge on any atom is -0.474 e. The van der Waals surface area contributed by atoms with E-state index in [1.165, 1.54) is 30.5 Å². The molecule has 0 atom stereocenters. The molecule has 392 valence electrons. The van der Waals surface area contributed by atoms with Crippen molar-refractivity contribution in [2.75, 3.05) is 85.4 Å². The SMILES string of the molecule is Cc1c(S(C)(=O)=O)c(-c2cc(F)cc(N3CCN(c4ccc(C(=O)NS(=O)(=O)c5ccc(NCC6CCOCC6)c([N+](=O)[O-])c5)c(N5CCOc6nc7[nH]ccc7cc65)c4)CC3)c2)c(-c2ccc(Cl)cc2)n1C(C)C. The van der Waals surface area contributed by atoms with Crippen molar-refractivity contribution in [3.63, 3.8) is 0 Å². The number of anilines is 5. The molecule has 3 aliphatic heterocycles. The predicted octanol–water partition coefficient (Wildman–Crippen LogP) is 9.51. The van der Waals surface area contributed by atoms with E-state index in [-0.39, 0.29) is 41.3 Å². The molecule has 0 bridgehead atoms. The maximum absolute atomic E-state index is 16.0. The molecule has 22 heteroatoms. The molecule has 10 rings (SSSR count). The highest BCUT2D eigenvalue weighted by Gasteiger charge is 2.33. The Kier molecular flexibility index (Phi) is 14.0. The zero-order valence-electron chi connectivity index (χ0n) is 41.6. The number of nitrogens with zero attached hydrogens (tertiary/aromatic N) is 6. The van der Waals surface area contributed by atoms with Crippen molar-refractivity contribution in [3.8, 4) is 28.3 Å². The zero-order chi connectivity index (χ0) is 52.9. The Balaban J connectivity index is 0.953. The Hall–Kier alpha value is -7.20. The van der Waals surface area contributed by atoms with Gasteiger partial charge in [-0.1, -0.05) is 23.7 Å². The first kappa shape index (κ1) is 51.3. The minimum absolute atomic E-state index is 0.00693. The number of sulfonamides is 1. The monoisotopic (exact) mass is 1080 g/mol. The Bertz CT molecular complexity index is 3590. The number of aromatic amines is 1. The van der Waals surface area contributed by atoms with Crippen LogP contribution in [-0.4, -0.2) is 108 Å². The van der Waals surface area contributed by atoms with Gasteiger partial charge in [-0.25, -0.2) is 25.9 Å². The molecule has 4 aromatic carbocycles. The van der Waals surface area contributed by atoms with E-state index in [9.17, 15) is 31.7 Å². The summed E-state index contributed by atoms with van der Waals surface area (Å²) in [4.78, 5) is 39.4. The number of halogens is 2. The maximum atomic E-state index is 16.0. The summed E-state index contributed by atoms with van der Waals surface area (Å²) in [5.41, 5.74) is 5.21. The molecular formula is C53H55ClFN9O9S2. The standard InChI is InChI=1S/C53H55ClFN9O9S2/c1-32(2)63-33(3)50(74(4,68)69)48(49(63)35-5-7-38(54)8-6-35)37-25-39(55)28-41(26-37)61-19-17-60(18-20-61)40-9-11-43(45(29-40)62-21-24-73-53-47(62)27-36-13-16-56-51(36)58-53)52(65)59-75(70,71)42-10-12-44(46(30-42)64(66)67)57-31-34-14-22-72-23-15-34/h5-13,16,25-30,32,34,57H,14-15,17-24,31H2,1-4H3,(H,56,58)(H,59,65). The molecule has 7 aromatic rings. The number of H-pyrrole nitrogens is 1. The van der Waals surface area contributed by atoms with Crippen LogP contribution in [0.2, 0.25) is 5.02 Å². The van der Waals surface area contributed by atoms with E-state index in [1.54, 1.807) is 37.4 Å². The number of hydrogen-bond donors (Lipinski definition) is 3. The number of aromatic nitrogens is 3. The number of piperazine rings is 1. The van der Waals surface area contributed by atoms with Crippen LogP contribution >= 0.6 is 11.6 Å². The summed E-state index contributed by atoms with van der Waals surface area (Å²) in [7, 11) is -8.47. The number of nitrogens with one attached hydrogen (secondary N) is 3. The number of hydrogen-bond acceptors (Lipinski definition) is 14. The number of pyridine rings is 1. The van der Waals surface area contributed by atoms with Crippen LogP contribution in [-0.2, 0) is 24.6 Å². The largest absolute Gasteiger partial charge is 0.474 e. The summed E-state index contributed by atoms with van der Waals surface area (Å²) in [6.07, 6.45) is 4.50. The van der Waals surface area contributed by atoms with Gasteiger partial charge in [-0.15, -0.1) is 0 Å². The molecule has 3 aromatic heterocycles. The lowest BCUT2D eigenvalue weighted by molar-refractivity contribution is -0.384. The second kappa shape index (κ2) is 20.5. The Morgan fingerprint density at radius 2 is 1.60 bits per heavy atom. The molecule has 6 heterocycles. The Labute approximate surface area is 438 Å². The Morgan fingerprint density at radius 1 is 0.880 bits per heavy atom. The first-order valence-electron chi connectivity index (χ1n) is 24.6. The Morgan fingerprint density at radius 3 is 2.29 bits per heavy atom. The number of rotatable bonds is 14. The second-order valence-electron chi connectivity index (χ2n) is 19.3. The number of nitro groups is 1. The molecule has 3 N–H and O–H groups in total. The average Bonchev–Trinajstić information content (AvgIpc) is 4.00. The summed E-state index contributed by atoms with van der Waals surface area (Å²) < 4.78 is 86.8. The van der Waals surface area contributed by atoms with Gasteiger partial charge in [-0.05, 0) is 123 Å². The van der Waals surface area contributed by atoms with Gasteiger partial charge in [0.25, 0.3) is 21.6 Å². The van der Waals surface area contributed by atoms with Crippen LogP contribution in [0, 0.1) is 28.8 Å². The molecule has 0 unspecified atom stereocenters. The highest BCUT2D eigenvalue weighted by atomic mass is 35.5. The fourth-order valence-corrected chi connectivity index (χ4v) is 12.8. The highest BCUT2D eigenvalue weighted by molar-refractivity contribution is 7.91. The lowest BCUT2D eigenvalue weighted by atomic mass is 9.99. The van der Waals surface area contributed by atoms with E-state index >= 15 is 4.39 Å². The van der Waals surface area contributed by atoms with Gasteiger partial charge in [0.05, 0.1) is 38.2 Å². The number of benzene rings is 4. The highest BCUT2D eigenvalue weighted by Crippen LogP contribution is 2.45. The van der Waals surface area contributed by atoms with Crippen LogP contribution in [0.5, 0.6) is 5.88 Å². The van der Waals surface area contributed by atoms with Crippen LogP contribution in [0.4, 0.5) is 38.5 Å². The summed E-state index contributed by atoms with van der Waals surface area (Å²) in [5, 5.41) is 16.6. The molecule has 0 spiro atoms. The number of fused-ring (bicyclic) bond motifs is 2. The first-order valence-corrected chi connectivity index (χ1v) is 28.3. The molecule has 0 saturated carbocycles. The fourth-order valence-electron chi connectivity index (χ4n) is 10.5. The van der Waals surface area contributed by atoms with Gasteiger partial charge in [0.2, 0.25) is 5.88 Å². The zero-order valence-corrected chi connectivity index (χ0v) is 44.0. The van der Waals surface area contributed by atoms with Gasteiger partial charge in [-0.2, -0.15) is 4.98 Å². The molecule has 75 heavy (non-hydrogen) atoms. The number of carbonyl (C=O) groups is 1. The van der Waals surface area contributed by atoms with Crippen molar-refractivity contribution in [2.24, 2.45) is 5.92 Å². The van der Waals surface area contributed by atoms with Crippen molar-refractivity contribution >= 4 is 82.5 Å². The quantitative estimate of drug-likeness (QED) is 0.0684. The van der Waals surface area contributed by atoms with Gasteiger partial charge in [0.1, 0.15) is 29.4 Å². The van der Waals surface area contributed by atoms with Crippen LogP contribution < -0.4 is 29.5 Å². The van der Waals surface area contributed by atoms with E-state index in [0.717, 1.165) is 29.9 Å². The van der Waals surface area contributed by atoms with Crippen LogP contribution in [0.25, 0.3) is 33.4 Å². The molecular weight excluding hydrogens is 1030 g/mol. The lowest BCUT2D eigenvalue weighted by Crippen LogP contribution is -2.46. The van der Waals surface area contributed by atoms with Crippen LogP contribution in [0.3, 0.4) is 0 Å². The maximum Gasteiger partial charge on any atom is 0.293 e. The molecule has 18 nitrogen and oxygen atoms in total. The predicted molar refractivity (Wildman–Crippen MR) is 288 cm³/mol. The smallest absolute Gasteiger partial charge is 0.293 e. The number of amides is 1. The minimum atomic E-state index is -4.65. The third kappa shape index (κ3) is 10.3. The van der Waals surface area contributed by atoms with E-state index in [0.29, 0.717) is 108 Å². The van der Waals surface area contributed by atoms with Crippen molar-refractivity contribution in [3.05, 3.63) is 129 Å². The van der Waals surface area contributed by atoms with Gasteiger partial charge in [-0.3, -0.25) is 14.9 Å². The molecule has 0 radical (unpaired) electrons. The topological polar surface area (TPSA) is 214 Å². The second-order valence-corrected chi connectivity index (χ2v) is 23.4. The molecule has 3 aliphatic rings. The van der Waals surface area contributed by atoms with E-state index < -0.39 is 47.1 Å². The van der Waals surface area contributed by atoms with Crippen molar-refractivity contribution in [1.82, 2.24) is 19.3 Å².